The van der Waals surface area contributed by atoms with Crippen LogP contribution in [0.4, 0.5) is 0 Å². The van der Waals surface area contributed by atoms with Gasteiger partial charge in [0.05, 0.1) is 11.3 Å². The molecule has 100 valence electrons. The third kappa shape index (κ3) is 2.99. The van der Waals surface area contributed by atoms with Crippen molar-refractivity contribution in [2.75, 3.05) is 0 Å². The topological polar surface area (TPSA) is 74.6 Å². The lowest BCUT2D eigenvalue weighted by atomic mass is 9.57. The fourth-order valence-corrected chi connectivity index (χ4v) is 2.52. The number of aliphatic carboxylic acids is 2. The summed E-state index contributed by atoms with van der Waals surface area (Å²) >= 11 is 0. The van der Waals surface area contributed by atoms with E-state index in [0.717, 1.165) is 12.8 Å². The van der Waals surface area contributed by atoms with Gasteiger partial charge in [0.15, 0.2) is 0 Å². The van der Waals surface area contributed by atoms with Crippen LogP contribution in [0.3, 0.4) is 0 Å². The molecule has 0 aliphatic rings. The van der Waals surface area contributed by atoms with Gasteiger partial charge in [0.2, 0.25) is 0 Å². The van der Waals surface area contributed by atoms with Crippen molar-refractivity contribution in [2.24, 2.45) is 16.7 Å². The number of rotatable bonds is 6. The van der Waals surface area contributed by atoms with Crippen LogP contribution in [0.15, 0.2) is 0 Å². The minimum Gasteiger partial charge on any atom is -0.481 e. The molecule has 0 amide bonds. The largest absolute Gasteiger partial charge is 0.481 e. The number of carbonyl (C=O) groups is 2. The van der Waals surface area contributed by atoms with Gasteiger partial charge in [-0.15, -0.1) is 0 Å². The summed E-state index contributed by atoms with van der Waals surface area (Å²) < 4.78 is 0. The fourth-order valence-electron chi connectivity index (χ4n) is 2.52. The summed E-state index contributed by atoms with van der Waals surface area (Å²) in [6.45, 7) is 8.88. The fraction of sp³-hybridized carbons (Fsp3) is 0.846. The monoisotopic (exact) mass is 244 g/mol. The molecule has 0 aromatic heterocycles. The molecule has 0 aromatic rings. The average molecular weight is 244 g/mol. The molecule has 0 aromatic carbocycles. The highest BCUT2D eigenvalue weighted by Crippen LogP contribution is 2.49. The second-order valence-electron chi connectivity index (χ2n) is 5.69. The maximum Gasteiger partial charge on any atom is 0.311 e. The maximum absolute atomic E-state index is 11.7. The second-order valence-corrected chi connectivity index (χ2v) is 5.69. The van der Waals surface area contributed by atoms with E-state index < -0.39 is 28.7 Å². The van der Waals surface area contributed by atoms with Crippen molar-refractivity contribution < 1.29 is 19.8 Å². The van der Waals surface area contributed by atoms with Gasteiger partial charge in [0.25, 0.3) is 0 Å². The van der Waals surface area contributed by atoms with E-state index in [-0.39, 0.29) is 0 Å². The first-order chi connectivity index (χ1) is 7.61. The van der Waals surface area contributed by atoms with Gasteiger partial charge in [0, 0.05) is 0 Å². The molecule has 0 spiro atoms. The smallest absolute Gasteiger partial charge is 0.311 e. The molecule has 1 unspecified atom stereocenters. The minimum absolute atomic E-state index is 0.399. The van der Waals surface area contributed by atoms with Gasteiger partial charge < -0.3 is 10.2 Å². The molecule has 0 rings (SSSR count). The molecule has 2 atom stereocenters. The summed E-state index contributed by atoms with van der Waals surface area (Å²) in [5.74, 6) is -2.95. The number of hydrogen-bond donors (Lipinski definition) is 2. The zero-order valence-corrected chi connectivity index (χ0v) is 11.4. The van der Waals surface area contributed by atoms with Crippen LogP contribution in [-0.4, -0.2) is 22.2 Å². The summed E-state index contributed by atoms with van der Waals surface area (Å²) in [5.41, 5.74) is -1.80. The van der Waals surface area contributed by atoms with E-state index in [0.29, 0.717) is 6.42 Å². The summed E-state index contributed by atoms with van der Waals surface area (Å²) in [6.07, 6.45) is 1.98. The van der Waals surface area contributed by atoms with Crippen LogP contribution in [0.2, 0.25) is 0 Å². The summed E-state index contributed by atoms with van der Waals surface area (Å²) in [6, 6.07) is 0. The summed E-state index contributed by atoms with van der Waals surface area (Å²) in [7, 11) is 0. The molecular formula is C13H24O4. The van der Waals surface area contributed by atoms with Crippen LogP contribution < -0.4 is 0 Å². The lowest BCUT2D eigenvalue weighted by molar-refractivity contribution is -0.172. The van der Waals surface area contributed by atoms with Crippen LogP contribution in [0.5, 0.6) is 0 Å². The molecular weight excluding hydrogens is 220 g/mol. The first-order valence-corrected chi connectivity index (χ1v) is 6.07. The Balaban J connectivity index is 5.57. The third-order valence-electron chi connectivity index (χ3n) is 3.75. The molecule has 0 saturated carbocycles. The Kier molecular flexibility index (Phi) is 5.17. The van der Waals surface area contributed by atoms with Gasteiger partial charge in [-0.25, -0.2) is 0 Å². The van der Waals surface area contributed by atoms with Crippen LogP contribution in [0.1, 0.15) is 53.9 Å². The van der Waals surface area contributed by atoms with Crippen molar-refractivity contribution >= 4 is 11.9 Å². The highest BCUT2D eigenvalue weighted by atomic mass is 16.4. The Labute approximate surface area is 103 Å². The van der Waals surface area contributed by atoms with Gasteiger partial charge in [-0.3, -0.25) is 9.59 Å². The van der Waals surface area contributed by atoms with Crippen molar-refractivity contribution in [1.29, 1.82) is 0 Å². The maximum atomic E-state index is 11.7. The molecule has 0 fully saturated rings. The van der Waals surface area contributed by atoms with Crippen molar-refractivity contribution in [2.45, 2.75) is 53.9 Å². The van der Waals surface area contributed by atoms with E-state index in [1.807, 2.05) is 6.92 Å². The highest BCUT2D eigenvalue weighted by Gasteiger charge is 2.54. The Hall–Kier alpha value is -1.06. The Morgan fingerprint density at radius 1 is 1.18 bits per heavy atom. The molecule has 0 aliphatic heterocycles. The van der Waals surface area contributed by atoms with Gasteiger partial charge in [-0.2, -0.15) is 0 Å². The van der Waals surface area contributed by atoms with Crippen LogP contribution in [-0.2, 0) is 9.59 Å². The van der Waals surface area contributed by atoms with E-state index in [1.165, 1.54) is 6.92 Å². The molecule has 4 heteroatoms. The molecule has 0 radical (unpaired) electrons. The molecule has 2 N–H and O–H groups in total. The third-order valence-corrected chi connectivity index (χ3v) is 3.75. The normalized spacial score (nSPS) is 17.2. The predicted molar refractivity (Wildman–Crippen MR) is 65.8 cm³/mol. The average Bonchev–Trinajstić information content (AvgIpc) is 2.15. The summed E-state index contributed by atoms with van der Waals surface area (Å²) in [5, 5.41) is 18.7. The predicted octanol–water partition coefficient (Wildman–Crippen LogP) is 3.01. The number of hydrogen-bond acceptors (Lipinski definition) is 2. The molecule has 0 aliphatic carbocycles. The van der Waals surface area contributed by atoms with Crippen molar-refractivity contribution in [3.8, 4) is 0 Å². The number of carboxylic acids is 2. The first-order valence-electron chi connectivity index (χ1n) is 6.07. The van der Waals surface area contributed by atoms with Crippen molar-refractivity contribution in [1.82, 2.24) is 0 Å². The Morgan fingerprint density at radius 3 is 1.88 bits per heavy atom. The Bertz CT molecular complexity index is 290. The van der Waals surface area contributed by atoms with E-state index in [9.17, 15) is 14.7 Å². The zero-order valence-electron chi connectivity index (χ0n) is 11.4. The Morgan fingerprint density at radius 2 is 1.65 bits per heavy atom. The van der Waals surface area contributed by atoms with Crippen LogP contribution in [0.25, 0.3) is 0 Å². The van der Waals surface area contributed by atoms with E-state index in [4.69, 9.17) is 5.11 Å². The standard InChI is InChI=1S/C13H24O4/c1-6-7-8-13(11(16)17,12(3,4)5)9(2)10(14)15/h9H,6-8H2,1-5H3,(H,14,15)(H,16,17)/t9?,13-/m0/s1. The second kappa shape index (κ2) is 5.52. The molecule has 0 heterocycles. The number of unbranched alkanes of at least 4 members (excludes halogenated alkanes) is 1. The van der Waals surface area contributed by atoms with Crippen molar-refractivity contribution in [3.63, 3.8) is 0 Å². The molecule has 0 bridgehead atoms. The van der Waals surface area contributed by atoms with Crippen LogP contribution in [0, 0.1) is 16.7 Å². The first kappa shape index (κ1) is 15.9. The lowest BCUT2D eigenvalue weighted by Crippen LogP contribution is -2.50. The van der Waals surface area contributed by atoms with E-state index in [2.05, 4.69) is 0 Å². The lowest BCUT2D eigenvalue weighted by Gasteiger charge is -2.44. The SMILES string of the molecule is CCCC[C@@](C(=O)O)(C(C)C(=O)O)C(C)(C)C. The molecule has 4 nitrogen and oxygen atoms in total. The number of carboxylic acid groups (broad SMARTS) is 2. The molecule has 0 saturated heterocycles. The highest BCUT2D eigenvalue weighted by molar-refractivity contribution is 5.84. The van der Waals surface area contributed by atoms with E-state index >= 15 is 0 Å². The van der Waals surface area contributed by atoms with Crippen molar-refractivity contribution in [3.05, 3.63) is 0 Å². The van der Waals surface area contributed by atoms with Gasteiger partial charge in [-0.1, -0.05) is 47.5 Å². The van der Waals surface area contributed by atoms with E-state index in [1.54, 1.807) is 20.8 Å². The quantitative estimate of drug-likeness (QED) is 0.753. The molecule has 17 heavy (non-hydrogen) atoms. The van der Waals surface area contributed by atoms with Crippen LogP contribution >= 0.6 is 0 Å². The zero-order chi connectivity index (χ0) is 13.9. The minimum atomic E-state index is -1.21. The van der Waals surface area contributed by atoms with Gasteiger partial charge in [-0.05, 0) is 11.8 Å². The summed E-state index contributed by atoms with van der Waals surface area (Å²) in [4.78, 5) is 22.9. The van der Waals surface area contributed by atoms with Gasteiger partial charge >= 0.3 is 11.9 Å². The van der Waals surface area contributed by atoms with Gasteiger partial charge in [0.1, 0.15) is 0 Å².